The molecular formula is C17H21F3N2O3. The van der Waals surface area contributed by atoms with E-state index in [0.29, 0.717) is 18.9 Å². The Hall–Kier alpha value is -2.25. The third-order valence-electron chi connectivity index (χ3n) is 4.86. The molecule has 0 heterocycles. The Labute approximate surface area is 143 Å². The Balaban J connectivity index is 2.25. The first-order valence-corrected chi connectivity index (χ1v) is 8.08. The van der Waals surface area contributed by atoms with Crippen molar-refractivity contribution in [2.45, 2.75) is 50.7 Å². The first kappa shape index (κ1) is 19.1. The van der Waals surface area contributed by atoms with Crippen LogP contribution in [-0.4, -0.2) is 22.5 Å². The lowest BCUT2D eigenvalue weighted by Gasteiger charge is -2.37. The normalized spacial score (nSPS) is 18.4. The topological polar surface area (TPSA) is 92.4 Å². The first-order chi connectivity index (χ1) is 11.6. The van der Waals surface area contributed by atoms with E-state index in [-0.39, 0.29) is 17.2 Å². The highest BCUT2D eigenvalue weighted by Gasteiger charge is 2.43. The SMILES string of the molecule is C[C@@](NC(=O)c1ccc(C(F)(F)F)cc1N)(C(=O)O)C1CCCCC1. The van der Waals surface area contributed by atoms with E-state index in [1.165, 1.54) is 6.92 Å². The van der Waals surface area contributed by atoms with Crippen LogP contribution in [0.4, 0.5) is 18.9 Å². The van der Waals surface area contributed by atoms with Crippen molar-refractivity contribution < 1.29 is 27.9 Å². The Bertz CT molecular complexity index is 670. The zero-order valence-corrected chi connectivity index (χ0v) is 13.8. The van der Waals surface area contributed by atoms with Crippen LogP contribution in [0.15, 0.2) is 18.2 Å². The molecule has 0 spiro atoms. The van der Waals surface area contributed by atoms with Gasteiger partial charge in [0.1, 0.15) is 5.54 Å². The quantitative estimate of drug-likeness (QED) is 0.719. The smallest absolute Gasteiger partial charge is 0.416 e. The van der Waals surface area contributed by atoms with Crippen molar-refractivity contribution in [3.8, 4) is 0 Å². The number of hydrogen-bond donors (Lipinski definition) is 3. The van der Waals surface area contributed by atoms with E-state index in [0.717, 1.165) is 31.4 Å². The average Bonchev–Trinajstić information content (AvgIpc) is 2.54. The highest BCUT2D eigenvalue weighted by Crippen LogP contribution is 2.34. The number of alkyl halides is 3. The van der Waals surface area contributed by atoms with Crippen molar-refractivity contribution in [2.24, 2.45) is 5.92 Å². The molecule has 25 heavy (non-hydrogen) atoms. The third-order valence-corrected chi connectivity index (χ3v) is 4.86. The number of carbonyl (C=O) groups is 2. The number of nitrogens with two attached hydrogens (primary N) is 1. The fourth-order valence-corrected chi connectivity index (χ4v) is 3.26. The molecule has 0 aliphatic heterocycles. The number of hydrogen-bond acceptors (Lipinski definition) is 3. The van der Waals surface area contributed by atoms with E-state index in [9.17, 15) is 27.9 Å². The number of nitrogen functional groups attached to an aromatic ring is 1. The zero-order chi connectivity index (χ0) is 18.8. The summed E-state index contributed by atoms with van der Waals surface area (Å²) in [6.45, 7) is 1.43. The summed E-state index contributed by atoms with van der Waals surface area (Å²) in [5.41, 5.74) is 2.61. The molecule has 0 saturated heterocycles. The van der Waals surface area contributed by atoms with Crippen molar-refractivity contribution in [3.05, 3.63) is 29.3 Å². The Kier molecular flexibility index (Phi) is 5.29. The number of nitrogens with one attached hydrogen (secondary N) is 1. The largest absolute Gasteiger partial charge is 0.480 e. The second-order valence-electron chi connectivity index (χ2n) is 6.60. The maximum atomic E-state index is 12.7. The molecule has 1 aliphatic rings. The molecule has 2 rings (SSSR count). The van der Waals surface area contributed by atoms with E-state index >= 15 is 0 Å². The summed E-state index contributed by atoms with van der Waals surface area (Å²) in [6.07, 6.45) is -0.443. The van der Waals surface area contributed by atoms with Gasteiger partial charge in [0, 0.05) is 5.69 Å². The van der Waals surface area contributed by atoms with Gasteiger partial charge >= 0.3 is 12.1 Å². The number of carboxylic acid groups (broad SMARTS) is 1. The number of aliphatic carboxylic acids is 1. The van der Waals surface area contributed by atoms with Gasteiger partial charge < -0.3 is 16.2 Å². The molecule has 8 heteroatoms. The summed E-state index contributed by atoms with van der Waals surface area (Å²) in [5, 5.41) is 12.1. The number of rotatable bonds is 4. The molecule has 138 valence electrons. The lowest BCUT2D eigenvalue weighted by molar-refractivity contribution is -0.146. The molecule has 1 atom stereocenters. The second-order valence-corrected chi connectivity index (χ2v) is 6.60. The molecule has 0 radical (unpaired) electrons. The Morgan fingerprint density at radius 3 is 2.28 bits per heavy atom. The van der Waals surface area contributed by atoms with E-state index in [1.807, 2.05) is 0 Å². The summed E-state index contributed by atoms with van der Waals surface area (Å²) < 4.78 is 38.1. The van der Waals surface area contributed by atoms with Gasteiger partial charge in [-0.15, -0.1) is 0 Å². The molecule has 1 aliphatic carbocycles. The summed E-state index contributed by atoms with van der Waals surface area (Å²) in [7, 11) is 0. The Morgan fingerprint density at radius 1 is 1.20 bits per heavy atom. The molecule has 4 N–H and O–H groups in total. The third kappa shape index (κ3) is 4.05. The monoisotopic (exact) mass is 358 g/mol. The van der Waals surface area contributed by atoms with E-state index in [1.54, 1.807) is 0 Å². The van der Waals surface area contributed by atoms with Gasteiger partial charge in [0.25, 0.3) is 5.91 Å². The van der Waals surface area contributed by atoms with Crippen molar-refractivity contribution in [3.63, 3.8) is 0 Å². The number of benzene rings is 1. The fraction of sp³-hybridized carbons (Fsp3) is 0.529. The zero-order valence-electron chi connectivity index (χ0n) is 13.8. The molecule has 1 amide bonds. The standard InChI is InChI=1S/C17H21F3N2O3/c1-16(15(24)25,10-5-3-2-4-6-10)22-14(23)12-8-7-11(9-13(12)21)17(18,19)20/h7-10H,2-6,21H2,1H3,(H,22,23)(H,24,25)/t16-/m0/s1. The van der Waals surface area contributed by atoms with Crippen LogP contribution in [0.25, 0.3) is 0 Å². The minimum absolute atomic E-state index is 0.170. The molecule has 1 aromatic carbocycles. The van der Waals surface area contributed by atoms with Gasteiger partial charge in [0.05, 0.1) is 11.1 Å². The minimum Gasteiger partial charge on any atom is -0.480 e. The van der Waals surface area contributed by atoms with Gasteiger partial charge in [-0.2, -0.15) is 13.2 Å². The summed E-state index contributed by atoms with van der Waals surface area (Å²) in [6, 6.07) is 2.40. The van der Waals surface area contributed by atoms with Crippen molar-refractivity contribution in [1.29, 1.82) is 0 Å². The van der Waals surface area contributed by atoms with Crippen LogP contribution in [0, 0.1) is 5.92 Å². The lowest BCUT2D eigenvalue weighted by atomic mass is 9.75. The number of halogens is 3. The minimum atomic E-state index is -4.57. The van der Waals surface area contributed by atoms with Crippen molar-refractivity contribution >= 4 is 17.6 Å². The van der Waals surface area contributed by atoms with Crippen LogP contribution < -0.4 is 11.1 Å². The van der Waals surface area contributed by atoms with Gasteiger partial charge in [-0.05, 0) is 43.9 Å². The van der Waals surface area contributed by atoms with Crippen LogP contribution in [0.1, 0.15) is 54.9 Å². The summed E-state index contributed by atoms with van der Waals surface area (Å²) in [4.78, 5) is 24.2. The summed E-state index contributed by atoms with van der Waals surface area (Å²) >= 11 is 0. The molecule has 0 bridgehead atoms. The van der Waals surface area contributed by atoms with Gasteiger partial charge in [-0.1, -0.05) is 19.3 Å². The van der Waals surface area contributed by atoms with Crippen LogP contribution >= 0.6 is 0 Å². The van der Waals surface area contributed by atoms with Gasteiger partial charge in [-0.25, -0.2) is 4.79 Å². The Morgan fingerprint density at radius 2 is 1.80 bits per heavy atom. The molecule has 1 fully saturated rings. The molecule has 0 aromatic heterocycles. The second kappa shape index (κ2) is 6.93. The van der Waals surface area contributed by atoms with Gasteiger partial charge in [-0.3, -0.25) is 4.79 Å². The maximum Gasteiger partial charge on any atom is 0.416 e. The average molecular weight is 358 g/mol. The van der Waals surface area contributed by atoms with Crippen LogP contribution in [0.2, 0.25) is 0 Å². The lowest BCUT2D eigenvalue weighted by Crippen LogP contribution is -2.57. The van der Waals surface area contributed by atoms with Gasteiger partial charge in [0.2, 0.25) is 0 Å². The highest BCUT2D eigenvalue weighted by molar-refractivity contribution is 6.01. The predicted molar refractivity (Wildman–Crippen MR) is 85.9 cm³/mol. The maximum absolute atomic E-state index is 12.7. The molecule has 0 unspecified atom stereocenters. The van der Waals surface area contributed by atoms with E-state index in [2.05, 4.69) is 5.32 Å². The van der Waals surface area contributed by atoms with E-state index < -0.39 is 29.2 Å². The number of amides is 1. The van der Waals surface area contributed by atoms with Crippen LogP contribution in [0.5, 0.6) is 0 Å². The first-order valence-electron chi connectivity index (χ1n) is 8.08. The van der Waals surface area contributed by atoms with Gasteiger partial charge in [0.15, 0.2) is 0 Å². The molecule has 1 saturated carbocycles. The van der Waals surface area contributed by atoms with E-state index in [4.69, 9.17) is 5.73 Å². The van der Waals surface area contributed by atoms with Crippen LogP contribution in [0.3, 0.4) is 0 Å². The van der Waals surface area contributed by atoms with Crippen molar-refractivity contribution in [2.75, 3.05) is 5.73 Å². The number of carboxylic acids is 1. The predicted octanol–water partition coefficient (Wildman–Crippen LogP) is 3.44. The fourth-order valence-electron chi connectivity index (χ4n) is 3.26. The molecular weight excluding hydrogens is 337 g/mol. The van der Waals surface area contributed by atoms with Crippen molar-refractivity contribution in [1.82, 2.24) is 5.32 Å². The highest BCUT2D eigenvalue weighted by atomic mass is 19.4. The number of anilines is 1. The van der Waals surface area contributed by atoms with Crippen LogP contribution in [-0.2, 0) is 11.0 Å². The summed E-state index contributed by atoms with van der Waals surface area (Å²) in [5.74, 6) is -2.20. The molecule has 5 nitrogen and oxygen atoms in total. The number of carbonyl (C=O) groups excluding carboxylic acids is 1. The molecule has 1 aromatic rings.